The molecule has 92 valence electrons. The second-order valence-electron chi connectivity index (χ2n) is 4.35. The van der Waals surface area contributed by atoms with Gasteiger partial charge in [0.15, 0.2) is 0 Å². The Balaban J connectivity index is 2.65. The Morgan fingerprint density at radius 3 is 2.75 bits per heavy atom. The summed E-state index contributed by atoms with van der Waals surface area (Å²) in [5.41, 5.74) is 0. The van der Waals surface area contributed by atoms with Crippen molar-refractivity contribution in [3.8, 4) is 0 Å². The molecule has 1 aliphatic heterocycles. The monoisotopic (exact) mass is 227 g/mol. The lowest BCUT2D eigenvalue weighted by atomic mass is 10.0. The third kappa shape index (κ3) is 2.74. The van der Waals surface area contributed by atoms with Crippen LogP contribution in [-0.4, -0.2) is 36.5 Å². The highest BCUT2D eigenvalue weighted by Gasteiger charge is 2.36. The van der Waals surface area contributed by atoms with Gasteiger partial charge in [0, 0.05) is 13.0 Å². The maximum Gasteiger partial charge on any atom is 0.328 e. The van der Waals surface area contributed by atoms with E-state index in [-0.39, 0.29) is 17.9 Å². The van der Waals surface area contributed by atoms with Gasteiger partial charge in [0.05, 0.1) is 7.11 Å². The number of carbonyl (C=O) groups excluding carboxylic acids is 2. The molecule has 16 heavy (non-hydrogen) atoms. The molecule has 0 N–H and O–H groups in total. The first-order valence-corrected chi connectivity index (χ1v) is 6.01. The molecule has 0 bridgehead atoms. The Labute approximate surface area is 96.9 Å². The topological polar surface area (TPSA) is 46.6 Å². The molecule has 0 aromatic rings. The molecule has 0 spiro atoms. The SMILES string of the molecule is CCCC1CC(=O)N(C(CC)C(=O)OC)C1. The fraction of sp³-hybridized carbons (Fsp3) is 0.833. The van der Waals surface area contributed by atoms with E-state index in [1.165, 1.54) is 7.11 Å². The molecule has 0 aromatic carbocycles. The average Bonchev–Trinajstić information content (AvgIpc) is 2.61. The molecule has 4 heteroatoms. The van der Waals surface area contributed by atoms with E-state index < -0.39 is 0 Å². The van der Waals surface area contributed by atoms with Crippen molar-refractivity contribution in [2.24, 2.45) is 5.92 Å². The van der Waals surface area contributed by atoms with Crippen molar-refractivity contribution in [3.63, 3.8) is 0 Å². The van der Waals surface area contributed by atoms with Gasteiger partial charge in [-0.05, 0) is 18.8 Å². The van der Waals surface area contributed by atoms with Gasteiger partial charge in [-0.2, -0.15) is 0 Å². The van der Waals surface area contributed by atoms with E-state index in [2.05, 4.69) is 6.92 Å². The Morgan fingerprint density at radius 1 is 1.56 bits per heavy atom. The Hall–Kier alpha value is -1.06. The molecule has 2 atom stereocenters. The minimum absolute atomic E-state index is 0.0932. The summed E-state index contributed by atoms with van der Waals surface area (Å²) in [6, 6.07) is -0.389. The minimum Gasteiger partial charge on any atom is -0.467 e. The zero-order chi connectivity index (χ0) is 12.1. The molecular formula is C12H21NO3. The highest BCUT2D eigenvalue weighted by molar-refractivity contribution is 5.86. The van der Waals surface area contributed by atoms with Crippen LogP contribution < -0.4 is 0 Å². The van der Waals surface area contributed by atoms with E-state index in [1.807, 2.05) is 6.92 Å². The Morgan fingerprint density at radius 2 is 2.25 bits per heavy atom. The lowest BCUT2D eigenvalue weighted by Gasteiger charge is -2.24. The van der Waals surface area contributed by atoms with Crippen LogP contribution in [0.2, 0.25) is 0 Å². The van der Waals surface area contributed by atoms with E-state index in [9.17, 15) is 9.59 Å². The summed E-state index contributed by atoms with van der Waals surface area (Å²) in [5.74, 6) is 0.208. The molecular weight excluding hydrogens is 206 g/mol. The fourth-order valence-electron chi connectivity index (χ4n) is 2.36. The number of carbonyl (C=O) groups is 2. The first-order valence-electron chi connectivity index (χ1n) is 6.01. The highest BCUT2D eigenvalue weighted by atomic mass is 16.5. The molecule has 1 saturated heterocycles. The van der Waals surface area contributed by atoms with Gasteiger partial charge in [-0.25, -0.2) is 4.79 Å². The maximum atomic E-state index is 11.8. The van der Waals surface area contributed by atoms with Gasteiger partial charge in [0.1, 0.15) is 6.04 Å². The van der Waals surface area contributed by atoms with E-state index >= 15 is 0 Å². The standard InChI is InChI=1S/C12H21NO3/c1-4-6-9-7-11(14)13(8-9)10(5-2)12(15)16-3/h9-10H,4-8H2,1-3H3. The molecule has 0 saturated carbocycles. The summed E-state index contributed by atoms with van der Waals surface area (Å²) in [6.07, 6.45) is 3.35. The fourth-order valence-corrected chi connectivity index (χ4v) is 2.36. The van der Waals surface area contributed by atoms with Crippen LogP contribution in [0, 0.1) is 5.92 Å². The van der Waals surface area contributed by atoms with Crippen molar-refractivity contribution in [2.75, 3.05) is 13.7 Å². The molecule has 0 radical (unpaired) electrons. The van der Waals surface area contributed by atoms with Crippen LogP contribution in [-0.2, 0) is 14.3 Å². The predicted octanol–water partition coefficient (Wildman–Crippen LogP) is 1.59. The molecule has 0 aromatic heterocycles. The third-order valence-electron chi connectivity index (χ3n) is 3.17. The summed E-state index contributed by atoms with van der Waals surface area (Å²) >= 11 is 0. The first-order chi connectivity index (χ1) is 7.63. The largest absolute Gasteiger partial charge is 0.467 e. The maximum absolute atomic E-state index is 11.8. The smallest absolute Gasteiger partial charge is 0.328 e. The number of likely N-dealkylation sites (tertiary alicyclic amines) is 1. The van der Waals surface area contributed by atoms with Gasteiger partial charge in [-0.15, -0.1) is 0 Å². The third-order valence-corrected chi connectivity index (χ3v) is 3.17. The number of amides is 1. The molecule has 1 aliphatic rings. The molecule has 1 fully saturated rings. The second-order valence-corrected chi connectivity index (χ2v) is 4.35. The molecule has 0 aliphatic carbocycles. The van der Waals surface area contributed by atoms with Crippen LogP contribution in [0.25, 0.3) is 0 Å². The first kappa shape index (κ1) is 13.0. The summed E-state index contributed by atoms with van der Waals surface area (Å²) in [6.45, 7) is 4.73. The van der Waals surface area contributed by atoms with Crippen LogP contribution in [0.5, 0.6) is 0 Å². The number of methoxy groups -OCH3 is 1. The normalized spacial score (nSPS) is 22.3. The molecule has 2 unspecified atom stereocenters. The number of esters is 1. The van der Waals surface area contributed by atoms with Crippen molar-refractivity contribution in [1.29, 1.82) is 0 Å². The summed E-state index contributed by atoms with van der Waals surface area (Å²) in [7, 11) is 1.37. The number of hydrogen-bond donors (Lipinski definition) is 0. The van der Waals surface area contributed by atoms with Crippen LogP contribution in [0.4, 0.5) is 0 Å². The van der Waals surface area contributed by atoms with Crippen molar-refractivity contribution in [3.05, 3.63) is 0 Å². The lowest BCUT2D eigenvalue weighted by Crippen LogP contribution is -2.42. The number of hydrogen-bond acceptors (Lipinski definition) is 3. The van der Waals surface area contributed by atoms with Gasteiger partial charge < -0.3 is 9.64 Å². The molecule has 1 rings (SSSR count). The van der Waals surface area contributed by atoms with Crippen molar-refractivity contribution in [1.82, 2.24) is 4.90 Å². The number of nitrogens with zero attached hydrogens (tertiary/aromatic N) is 1. The summed E-state index contributed by atoms with van der Waals surface area (Å²) in [4.78, 5) is 25.0. The van der Waals surface area contributed by atoms with Crippen LogP contribution in [0.1, 0.15) is 39.5 Å². The zero-order valence-corrected chi connectivity index (χ0v) is 10.4. The van der Waals surface area contributed by atoms with Gasteiger partial charge >= 0.3 is 5.97 Å². The quantitative estimate of drug-likeness (QED) is 0.670. The van der Waals surface area contributed by atoms with Crippen molar-refractivity contribution in [2.45, 2.75) is 45.6 Å². The average molecular weight is 227 g/mol. The van der Waals surface area contributed by atoms with Crippen LogP contribution in [0.15, 0.2) is 0 Å². The van der Waals surface area contributed by atoms with Gasteiger partial charge in [0.25, 0.3) is 0 Å². The Kier molecular flexibility index (Phi) is 4.77. The lowest BCUT2D eigenvalue weighted by molar-refractivity contribution is -0.151. The zero-order valence-electron chi connectivity index (χ0n) is 10.4. The van der Waals surface area contributed by atoms with E-state index in [4.69, 9.17) is 4.74 Å². The second kappa shape index (κ2) is 5.87. The Bertz CT molecular complexity index is 265. The van der Waals surface area contributed by atoms with E-state index in [1.54, 1.807) is 4.90 Å². The van der Waals surface area contributed by atoms with Gasteiger partial charge in [-0.3, -0.25) is 4.79 Å². The van der Waals surface area contributed by atoms with Gasteiger partial charge in [-0.1, -0.05) is 20.3 Å². The van der Waals surface area contributed by atoms with Crippen molar-refractivity contribution < 1.29 is 14.3 Å². The van der Waals surface area contributed by atoms with Gasteiger partial charge in [0.2, 0.25) is 5.91 Å². The van der Waals surface area contributed by atoms with Crippen molar-refractivity contribution >= 4 is 11.9 Å². The molecule has 1 heterocycles. The van der Waals surface area contributed by atoms with E-state index in [0.29, 0.717) is 25.3 Å². The number of rotatable bonds is 5. The van der Waals surface area contributed by atoms with Crippen LogP contribution >= 0.6 is 0 Å². The number of ether oxygens (including phenoxy) is 1. The summed E-state index contributed by atoms with van der Waals surface area (Å²) in [5, 5.41) is 0. The minimum atomic E-state index is -0.389. The molecule has 4 nitrogen and oxygen atoms in total. The molecule has 1 amide bonds. The van der Waals surface area contributed by atoms with Crippen LogP contribution in [0.3, 0.4) is 0 Å². The highest BCUT2D eigenvalue weighted by Crippen LogP contribution is 2.25. The van der Waals surface area contributed by atoms with E-state index in [0.717, 1.165) is 12.8 Å². The summed E-state index contributed by atoms with van der Waals surface area (Å²) < 4.78 is 4.73. The predicted molar refractivity (Wildman–Crippen MR) is 60.8 cm³/mol.